The molecule has 1 atom stereocenters. The van der Waals surface area contributed by atoms with E-state index in [0.29, 0.717) is 18.7 Å². The van der Waals surface area contributed by atoms with Crippen molar-refractivity contribution in [3.63, 3.8) is 0 Å². The summed E-state index contributed by atoms with van der Waals surface area (Å²) >= 11 is 0. The van der Waals surface area contributed by atoms with Gasteiger partial charge in [-0.2, -0.15) is 13.2 Å². The Morgan fingerprint density at radius 2 is 1.81 bits per heavy atom. The lowest BCUT2D eigenvalue weighted by atomic mass is 9.97. The summed E-state index contributed by atoms with van der Waals surface area (Å²) in [5, 5.41) is 0.966. The molecule has 4 rings (SSSR count). The maximum absolute atomic E-state index is 12.8. The molecule has 3 aromatic rings. The summed E-state index contributed by atoms with van der Waals surface area (Å²) in [6.07, 6.45) is -2.54. The third-order valence-electron chi connectivity index (χ3n) is 6.24. The molecule has 1 aliphatic rings. The number of benzene rings is 2. The predicted octanol–water partition coefficient (Wildman–Crippen LogP) is 5.89. The number of hydrogen-bond donors (Lipinski definition) is 0. The number of nitrogens with zero attached hydrogens (tertiary/aromatic N) is 2. The third-order valence-corrected chi connectivity index (χ3v) is 7.78. The molecule has 1 fully saturated rings. The summed E-state index contributed by atoms with van der Waals surface area (Å²) in [6, 6.07) is 14.5. The second-order valence-electron chi connectivity index (χ2n) is 10.6. The number of carbonyl (C=O) groups excluding carboxylic acids is 1. The van der Waals surface area contributed by atoms with E-state index in [1.54, 1.807) is 18.2 Å². The molecule has 0 aliphatic carbocycles. The molecule has 0 amide bonds. The van der Waals surface area contributed by atoms with Crippen LogP contribution in [0.4, 0.5) is 18.0 Å². The first-order chi connectivity index (χ1) is 17.2. The van der Waals surface area contributed by atoms with Crippen LogP contribution in [0.25, 0.3) is 10.9 Å². The fourth-order valence-electron chi connectivity index (χ4n) is 4.82. The Morgan fingerprint density at radius 1 is 1.08 bits per heavy atom. The monoisotopic (exact) mass is 536 g/mol. The SMILES string of the molecule is CC(C)(C)OC(=O)n1cc(CN2CCC(c3cccc(CS(=O)(=O)CC(F)(F)F)c3)C2)c2ccccc21. The molecule has 0 bridgehead atoms. The zero-order valence-corrected chi connectivity index (χ0v) is 21.9. The Balaban J connectivity index is 1.47. The van der Waals surface area contributed by atoms with E-state index >= 15 is 0 Å². The van der Waals surface area contributed by atoms with Crippen molar-refractivity contribution >= 4 is 26.8 Å². The number of aromatic nitrogens is 1. The second-order valence-corrected chi connectivity index (χ2v) is 12.7. The van der Waals surface area contributed by atoms with Gasteiger partial charge in [-0.05, 0) is 62.4 Å². The van der Waals surface area contributed by atoms with Crippen molar-refractivity contribution in [2.45, 2.75) is 57.2 Å². The molecule has 1 aromatic heterocycles. The number of rotatable bonds is 6. The molecule has 1 saturated heterocycles. The minimum Gasteiger partial charge on any atom is -0.443 e. The molecule has 37 heavy (non-hydrogen) atoms. The molecule has 1 aliphatic heterocycles. The van der Waals surface area contributed by atoms with Crippen molar-refractivity contribution in [1.82, 2.24) is 9.47 Å². The number of halogens is 3. The largest absolute Gasteiger partial charge is 0.443 e. The van der Waals surface area contributed by atoms with E-state index in [1.165, 1.54) is 4.57 Å². The molecule has 1 unspecified atom stereocenters. The topological polar surface area (TPSA) is 68.6 Å². The van der Waals surface area contributed by atoms with Gasteiger partial charge in [0.15, 0.2) is 9.84 Å². The van der Waals surface area contributed by atoms with Gasteiger partial charge in [0, 0.05) is 24.7 Å². The van der Waals surface area contributed by atoms with Gasteiger partial charge in [0.05, 0.1) is 11.3 Å². The molecule has 2 heterocycles. The molecule has 0 saturated carbocycles. The molecular formula is C27H31F3N2O4S. The first kappa shape index (κ1) is 27.2. The number of ether oxygens (including phenoxy) is 1. The quantitative estimate of drug-likeness (QED) is 0.393. The van der Waals surface area contributed by atoms with Crippen molar-refractivity contribution in [2.24, 2.45) is 0 Å². The minimum atomic E-state index is -4.75. The molecule has 200 valence electrons. The molecule has 2 aromatic carbocycles. The van der Waals surface area contributed by atoms with Gasteiger partial charge in [0.1, 0.15) is 11.4 Å². The van der Waals surface area contributed by atoms with Crippen LogP contribution < -0.4 is 0 Å². The molecule has 0 spiro atoms. The summed E-state index contributed by atoms with van der Waals surface area (Å²) in [7, 11) is -4.30. The lowest BCUT2D eigenvalue weighted by molar-refractivity contribution is -0.106. The van der Waals surface area contributed by atoms with E-state index in [1.807, 2.05) is 57.3 Å². The average molecular weight is 537 g/mol. The van der Waals surface area contributed by atoms with Crippen LogP contribution in [0.2, 0.25) is 0 Å². The number of alkyl halides is 3. The van der Waals surface area contributed by atoms with Gasteiger partial charge < -0.3 is 4.74 Å². The highest BCUT2D eigenvalue weighted by Gasteiger charge is 2.35. The van der Waals surface area contributed by atoms with Crippen molar-refractivity contribution in [3.05, 3.63) is 71.4 Å². The van der Waals surface area contributed by atoms with Crippen LogP contribution in [0.5, 0.6) is 0 Å². The molecule has 6 nitrogen and oxygen atoms in total. The minimum absolute atomic E-state index is 0.129. The van der Waals surface area contributed by atoms with Crippen LogP contribution in [-0.4, -0.2) is 54.6 Å². The number of para-hydroxylation sites is 1. The normalized spacial score (nSPS) is 17.4. The second kappa shape index (κ2) is 10.1. The number of carbonyl (C=O) groups is 1. The lowest BCUT2D eigenvalue weighted by Gasteiger charge is -2.19. The standard InChI is InChI=1S/C27H31F3N2O4S/c1-26(2,3)36-25(33)32-16-22(23-9-4-5-10-24(23)32)15-31-12-11-21(14-31)20-8-6-7-19(13-20)17-37(34,35)18-27(28,29)30/h4-10,13,16,21H,11-12,14-15,17-18H2,1-3H3. The molecule has 0 N–H and O–H groups in total. The summed E-state index contributed by atoms with van der Waals surface area (Å²) in [6.45, 7) is 7.60. The van der Waals surface area contributed by atoms with Gasteiger partial charge in [0.2, 0.25) is 0 Å². The van der Waals surface area contributed by atoms with Gasteiger partial charge in [0.25, 0.3) is 0 Å². The first-order valence-corrected chi connectivity index (χ1v) is 13.9. The van der Waals surface area contributed by atoms with E-state index < -0.39 is 39.2 Å². The molecule has 0 radical (unpaired) electrons. The highest BCUT2D eigenvalue weighted by atomic mass is 32.2. The number of sulfone groups is 1. The highest BCUT2D eigenvalue weighted by Crippen LogP contribution is 2.31. The smallest absolute Gasteiger partial charge is 0.419 e. The van der Waals surface area contributed by atoms with Gasteiger partial charge in [-0.15, -0.1) is 0 Å². The van der Waals surface area contributed by atoms with Crippen molar-refractivity contribution in [3.8, 4) is 0 Å². The predicted molar refractivity (Wildman–Crippen MR) is 136 cm³/mol. The van der Waals surface area contributed by atoms with E-state index in [9.17, 15) is 26.4 Å². The van der Waals surface area contributed by atoms with Crippen LogP contribution in [-0.2, 0) is 26.9 Å². The maximum Gasteiger partial charge on any atom is 0.419 e. The van der Waals surface area contributed by atoms with Crippen LogP contribution in [0.1, 0.15) is 49.8 Å². The van der Waals surface area contributed by atoms with E-state index in [4.69, 9.17) is 4.74 Å². The van der Waals surface area contributed by atoms with Crippen LogP contribution >= 0.6 is 0 Å². The fraction of sp³-hybridized carbons (Fsp3) is 0.444. The summed E-state index contributed by atoms with van der Waals surface area (Å²) < 4.78 is 68.9. The molecule has 10 heteroatoms. The van der Waals surface area contributed by atoms with Gasteiger partial charge in [-0.1, -0.05) is 42.5 Å². The van der Waals surface area contributed by atoms with E-state index in [-0.39, 0.29) is 5.92 Å². The zero-order valence-electron chi connectivity index (χ0n) is 21.1. The highest BCUT2D eigenvalue weighted by molar-refractivity contribution is 7.90. The Kier molecular flexibility index (Phi) is 7.45. The van der Waals surface area contributed by atoms with E-state index in [0.717, 1.165) is 35.0 Å². The Labute approximate surface area is 214 Å². The maximum atomic E-state index is 12.8. The number of fused-ring (bicyclic) bond motifs is 1. The van der Waals surface area contributed by atoms with Crippen LogP contribution in [0, 0.1) is 0 Å². The first-order valence-electron chi connectivity index (χ1n) is 12.1. The Hall–Kier alpha value is -2.85. The van der Waals surface area contributed by atoms with E-state index in [2.05, 4.69) is 4.90 Å². The Bertz CT molecular complexity index is 1390. The number of hydrogen-bond acceptors (Lipinski definition) is 5. The van der Waals surface area contributed by atoms with Crippen LogP contribution in [0.3, 0.4) is 0 Å². The molecular weight excluding hydrogens is 505 g/mol. The van der Waals surface area contributed by atoms with Gasteiger partial charge >= 0.3 is 12.3 Å². The van der Waals surface area contributed by atoms with Crippen molar-refractivity contribution < 1.29 is 31.1 Å². The average Bonchev–Trinajstić information content (AvgIpc) is 3.36. The Morgan fingerprint density at radius 3 is 2.51 bits per heavy atom. The summed E-state index contributed by atoms with van der Waals surface area (Å²) in [5.41, 5.74) is 2.43. The van der Waals surface area contributed by atoms with Gasteiger partial charge in [-0.25, -0.2) is 13.2 Å². The van der Waals surface area contributed by atoms with Crippen LogP contribution in [0.15, 0.2) is 54.7 Å². The fourth-order valence-corrected chi connectivity index (χ4v) is 6.11. The summed E-state index contributed by atoms with van der Waals surface area (Å²) in [4.78, 5) is 15.1. The zero-order chi connectivity index (χ0) is 27.0. The van der Waals surface area contributed by atoms with Crippen molar-refractivity contribution in [1.29, 1.82) is 0 Å². The third kappa shape index (κ3) is 7.13. The number of likely N-dealkylation sites (tertiary alicyclic amines) is 1. The lowest BCUT2D eigenvalue weighted by Crippen LogP contribution is -2.26. The van der Waals surface area contributed by atoms with Gasteiger partial charge in [-0.3, -0.25) is 9.47 Å². The van der Waals surface area contributed by atoms with Crippen molar-refractivity contribution in [2.75, 3.05) is 18.8 Å². The summed E-state index contributed by atoms with van der Waals surface area (Å²) in [5.74, 6) is -2.33.